The molecule has 3 rings (SSSR count). The molecule has 0 aliphatic carbocycles. The van der Waals surface area contributed by atoms with Crippen molar-refractivity contribution in [3.63, 3.8) is 0 Å². The molecule has 2 aromatic carbocycles. The van der Waals surface area contributed by atoms with Gasteiger partial charge in [-0.05, 0) is 43.2 Å². The second-order valence-corrected chi connectivity index (χ2v) is 8.82. The molecule has 2 aromatic rings. The summed E-state index contributed by atoms with van der Waals surface area (Å²) in [6, 6.07) is 6.11. The quantitative estimate of drug-likeness (QED) is 0.671. The van der Waals surface area contributed by atoms with Crippen molar-refractivity contribution < 1.29 is 31.5 Å². The van der Waals surface area contributed by atoms with Gasteiger partial charge in [0.25, 0.3) is 5.91 Å². The topological polar surface area (TPSA) is 92.8 Å². The predicted octanol–water partition coefficient (Wildman–Crippen LogP) is 3.20. The van der Waals surface area contributed by atoms with Gasteiger partial charge in [0.15, 0.2) is 6.61 Å². The van der Waals surface area contributed by atoms with Crippen LogP contribution in [0.3, 0.4) is 0 Å². The van der Waals surface area contributed by atoms with Crippen LogP contribution in [0.5, 0.6) is 0 Å². The monoisotopic (exact) mass is 458 g/mol. The van der Waals surface area contributed by atoms with Gasteiger partial charge in [0, 0.05) is 19.2 Å². The molecule has 1 aliphatic rings. The molecule has 0 atom stereocenters. The number of ether oxygens (including phenoxy) is 1. The standard InChI is InChI=1S/C19H17ClF2N2O5S/c20-14-5-3-12(9-17(14)30(27,28)24-7-1-2-8-24)19(26)29-11-18(25)23-16-10-13(21)4-6-15(16)22/h3-6,9-10H,1-2,7-8,11H2,(H,23,25). The van der Waals surface area contributed by atoms with Gasteiger partial charge in [0.1, 0.15) is 16.5 Å². The summed E-state index contributed by atoms with van der Waals surface area (Å²) < 4.78 is 58.3. The number of nitrogens with zero attached hydrogens (tertiary/aromatic N) is 1. The van der Waals surface area contributed by atoms with Crippen molar-refractivity contribution in [1.82, 2.24) is 4.31 Å². The van der Waals surface area contributed by atoms with Crippen molar-refractivity contribution in [1.29, 1.82) is 0 Å². The maximum Gasteiger partial charge on any atom is 0.338 e. The summed E-state index contributed by atoms with van der Waals surface area (Å²) in [6.45, 7) is -0.0556. The molecule has 7 nitrogen and oxygen atoms in total. The van der Waals surface area contributed by atoms with Gasteiger partial charge in [-0.3, -0.25) is 4.79 Å². The van der Waals surface area contributed by atoms with Crippen molar-refractivity contribution in [2.75, 3.05) is 25.0 Å². The second-order valence-electron chi connectivity index (χ2n) is 6.50. The van der Waals surface area contributed by atoms with E-state index in [4.69, 9.17) is 16.3 Å². The van der Waals surface area contributed by atoms with Crippen molar-refractivity contribution in [2.45, 2.75) is 17.7 Å². The number of halogens is 3. The molecule has 0 radical (unpaired) electrons. The number of hydrogen-bond donors (Lipinski definition) is 1. The molecular weight excluding hydrogens is 442 g/mol. The van der Waals surface area contributed by atoms with Gasteiger partial charge in [-0.2, -0.15) is 4.31 Å². The number of amides is 1. The van der Waals surface area contributed by atoms with Gasteiger partial charge in [-0.15, -0.1) is 0 Å². The summed E-state index contributed by atoms with van der Waals surface area (Å²) in [7, 11) is -3.87. The van der Waals surface area contributed by atoms with Crippen LogP contribution in [0.1, 0.15) is 23.2 Å². The normalized spacial score (nSPS) is 14.5. The van der Waals surface area contributed by atoms with Gasteiger partial charge >= 0.3 is 5.97 Å². The Bertz CT molecular complexity index is 1090. The molecule has 160 valence electrons. The Labute approximate surface area is 176 Å². The van der Waals surface area contributed by atoms with Gasteiger partial charge < -0.3 is 10.1 Å². The first kappa shape index (κ1) is 22.1. The highest BCUT2D eigenvalue weighted by Crippen LogP contribution is 2.28. The molecule has 1 heterocycles. The molecule has 1 aliphatic heterocycles. The average molecular weight is 459 g/mol. The lowest BCUT2D eigenvalue weighted by Crippen LogP contribution is -2.28. The average Bonchev–Trinajstić information content (AvgIpc) is 3.25. The fourth-order valence-corrected chi connectivity index (χ4v) is 4.91. The molecule has 1 fully saturated rings. The number of esters is 1. The molecule has 1 N–H and O–H groups in total. The van der Waals surface area contributed by atoms with E-state index < -0.39 is 45.8 Å². The number of carbonyl (C=O) groups is 2. The van der Waals surface area contributed by atoms with Gasteiger partial charge in [0.05, 0.1) is 16.3 Å². The second kappa shape index (κ2) is 9.07. The Morgan fingerprint density at radius 3 is 2.50 bits per heavy atom. The van der Waals surface area contributed by atoms with Crippen LogP contribution in [0, 0.1) is 11.6 Å². The van der Waals surface area contributed by atoms with Gasteiger partial charge in [0.2, 0.25) is 10.0 Å². The Morgan fingerprint density at radius 1 is 1.10 bits per heavy atom. The van der Waals surface area contributed by atoms with Crippen LogP contribution in [-0.4, -0.2) is 44.3 Å². The number of anilines is 1. The number of carbonyl (C=O) groups excluding carboxylic acids is 2. The molecular formula is C19H17ClF2N2O5S. The Morgan fingerprint density at radius 2 is 1.80 bits per heavy atom. The summed E-state index contributed by atoms with van der Waals surface area (Å²) in [5, 5.41) is 2.04. The third kappa shape index (κ3) is 4.94. The number of hydrogen-bond acceptors (Lipinski definition) is 5. The predicted molar refractivity (Wildman–Crippen MR) is 105 cm³/mol. The van der Waals surface area contributed by atoms with Gasteiger partial charge in [-0.1, -0.05) is 11.6 Å². The molecule has 0 aromatic heterocycles. The van der Waals surface area contributed by atoms with E-state index >= 15 is 0 Å². The molecule has 11 heteroatoms. The summed E-state index contributed by atoms with van der Waals surface area (Å²) in [5.41, 5.74) is -0.525. The van der Waals surface area contributed by atoms with E-state index in [1.807, 2.05) is 0 Å². The van der Waals surface area contributed by atoms with E-state index in [1.54, 1.807) is 0 Å². The molecule has 30 heavy (non-hydrogen) atoms. The first-order chi connectivity index (χ1) is 14.2. The maximum atomic E-state index is 13.6. The fourth-order valence-electron chi connectivity index (χ4n) is 2.89. The van der Waals surface area contributed by atoms with E-state index in [1.165, 1.54) is 16.4 Å². The van der Waals surface area contributed by atoms with Crippen LogP contribution in [0.4, 0.5) is 14.5 Å². The minimum atomic E-state index is -3.87. The molecule has 1 amide bonds. The van der Waals surface area contributed by atoms with E-state index in [0.717, 1.165) is 37.1 Å². The molecule has 0 bridgehead atoms. The van der Waals surface area contributed by atoms with E-state index in [9.17, 15) is 26.8 Å². The molecule has 0 unspecified atom stereocenters. The van der Waals surface area contributed by atoms with Crippen molar-refractivity contribution >= 4 is 39.2 Å². The number of rotatable bonds is 6. The minimum Gasteiger partial charge on any atom is -0.452 e. The highest BCUT2D eigenvalue weighted by atomic mass is 35.5. The third-order valence-electron chi connectivity index (χ3n) is 4.39. The first-order valence-electron chi connectivity index (χ1n) is 8.90. The van der Waals surface area contributed by atoms with Gasteiger partial charge in [-0.25, -0.2) is 22.0 Å². The van der Waals surface area contributed by atoms with E-state index in [2.05, 4.69) is 5.32 Å². The zero-order valence-electron chi connectivity index (χ0n) is 15.5. The van der Waals surface area contributed by atoms with Crippen LogP contribution in [-0.2, 0) is 19.6 Å². The Hall–Kier alpha value is -2.56. The summed E-state index contributed by atoms with van der Waals surface area (Å²) in [5.74, 6) is -3.48. The van der Waals surface area contributed by atoms with Crippen molar-refractivity contribution in [3.8, 4) is 0 Å². The minimum absolute atomic E-state index is 0.0437. The Balaban J connectivity index is 1.68. The SMILES string of the molecule is O=C(COC(=O)c1ccc(Cl)c(S(=O)(=O)N2CCCC2)c1)Nc1cc(F)ccc1F. The van der Waals surface area contributed by atoms with Crippen LogP contribution < -0.4 is 5.32 Å². The fraction of sp³-hybridized carbons (Fsp3) is 0.263. The van der Waals surface area contributed by atoms with E-state index in [-0.39, 0.29) is 15.5 Å². The molecule has 0 spiro atoms. The smallest absolute Gasteiger partial charge is 0.338 e. The van der Waals surface area contributed by atoms with Crippen molar-refractivity contribution in [3.05, 3.63) is 58.6 Å². The Kier molecular flexibility index (Phi) is 6.69. The van der Waals surface area contributed by atoms with E-state index in [0.29, 0.717) is 13.1 Å². The maximum absolute atomic E-state index is 13.6. The highest BCUT2D eigenvalue weighted by molar-refractivity contribution is 7.89. The largest absolute Gasteiger partial charge is 0.452 e. The molecule has 0 saturated carbocycles. The zero-order valence-corrected chi connectivity index (χ0v) is 17.1. The number of benzene rings is 2. The number of nitrogens with one attached hydrogen (secondary N) is 1. The van der Waals surface area contributed by atoms with Crippen molar-refractivity contribution in [2.24, 2.45) is 0 Å². The van der Waals surface area contributed by atoms with Crippen LogP contribution in [0.2, 0.25) is 5.02 Å². The summed E-state index contributed by atoms with van der Waals surface area (Å²) in [4.78, 5) is 23.9. The van der Waals surface area contributed by atoms with Crippen LogP contribution >= 0.6 is 11.6 Å². The summed E-state index contributed by atoms with van der Waals surface area (Å²) in [6.07, 6.45) is 1.47. The van der Waals surface area contributed by atoms with Crippen LogP contribution in [0.15, 0.2) is 41.3 Å². The van der Waals surface area contributed by atoms with Crippen LogP contribution in [0.25, 0.3) is 0 Å². The molecule has 1 saturated heterocycles. The zero-order chi connectivity index (χ0) is 21.9. The first-order valence-corrected chi connectivity index (χ1v) is 10.7. The summed E-state index contributed by atoms with van der Waals surface area (Å²) >= 11 is 6.02. The third-order valence-corrected chi connectivity index (χ3v) is 6.77. The lowest BCUT2D eigenvalue weighted by Gasteiger charge is -2.17. The highest BCUT2D eigenvalue weighted by Gasteiger charge is 2.30. The lowest BCUT2D eigenvalue weighted by molar-refractivity contribution is -0.119. The number of sulfonamides is 1. The lowest BCUT2D eigenvalue weighted by atomic mass is 10.2.